The van der Waals surface area contributed by atoms with Crippen molar-refractivity contribution >= 4 is 11.6 Å². The van der Waals surface area contributed by atoms with E-state index in [1.807, 2.05) is 18.7 Å². The maximum atomic E-state index is 12.3. The van der Waals surface area contributed by atoms with E-state index >= 15 is 0 Å². The summed E-state index contributed by atoms with van der Waals surface area (Å²) in [5.41, 5.74) is 7.53. The van der Waals surface area contributed by atoms with Crippen LogP contribution in [0, 0.1) is 12.8 Å². The minimum Gasteiger partial charge on any atom is -0.397 e. The van der Waals surface area contributed by atoms with Crippen molar-refractivity contribution in [2.45, 2.75) is 27.7 Å². The van der Waals surface area contributed by atoms with Gasteiger partial charge >= 0.3 is 0 Å². The standard InChI is InChI=1S/C13H21N3O/c1-5-16(8-9(2)3)13(17)12-6-11(14)7-15-10(12)4/h6-7,9H,5,8,14H2,1-4H3. The fraction of sp³-hybridized carbons (Fsp3) is 0.538. The molecule has 0 bridgehead atoms. The molecule has 0 aromatic carbocycles. The summed E-state index contributed by atoms with van der Waals surface area (Å²) in [6, 6.07) is 1.70. The number of nitrogen functional groups attached to an aromatic ring is 1. The highest BCUT2D eigenvalue weighted by Gasteiger charge is 2.17. The Morgan fingerprint density at radius 1 is 1.53 bits per heavy atom. The SMILES string of the molecule is CCN(CC(C)C)C(=O)c1cc(N)cnc1C. The molecule has 0 unspecified atom stereocenters. The van der Waals surface area contributed by atoms with Gasteiger partial charge in [-0.2, -0.15) is 0 Å². The molecule has 1 heterocycles. The number of pyridine rings is 1. The van der Waals surface area contributed by atoms with Crippen molar-refractivity contribution in [3.63, 3.8) is 0 Å². The van der Waals surface area contributed by atoms with Crippen LogP contribution in [0.4, 0.5) is 5.69 Å². The molecule has 1 amide bonds. The second-order valence-electron chi connectivity index (χ2n) is 4.64. The summed E-state index contributed by atoms with van der Waals surface area (Å²) in [5.74, 6) is 0.465. The van der Waals surface area contributed by atoms with Crippen LogP contribution in [0.1, 0.15) is 36.8 Å². The number of carbonyl (C=O) groups excluding carboxylic acids is 1. The predicted molar refractivity (Wildman–Crippen MR) is 69.8 cm³/mol. The lowest BCUT2D eigenvalue weighted by Crippen LogP contribution is -2.34. The molecule has 0 aliphatic rings. The van der Waals surface area contributed by atoms with E-state index in [1.54, 1.807) is 12.3 Å². The van der Waals surface area contributed by atoms with E-state index in [0.29, 0.717) is 23.7 Å². The van der Waals surface area contributed by atoms with Crippen LogP contribution in [0.5, 0.6) is 0 Å². The van der Waals surface area contributed by atoms with E-state index in [4.69, 9.17) is 5.73 Å². The molecule has 94 valence electrons. The zero-order valence-corrected chi connectivity index (χ0v) is 11.0. The second-order valence-corrected chi connectivity index (χ2v) is 4.64. The normalized spacial score (nSPS) is 10.6. The maximum Gasteiger partial charge on any atom is 0.255 e. The van der Waals surface area contributed by atoms with Gasteiger partial charge in [-0.25, -0.2) is 0 Å². The first kappa shape index (κ1) is 13.5. The number of nitrogens with zero attached hydrogens (tertiary/aromatic N) is 2. The monoisotopic (exact) mass is 235 g/mol. The number of aryl methyl sites for hydroxylation is 1. The molecule has 0 atom stereocenters. The average molecular weight is 235 g/mol. The zero-order chi connectivity index (χ0) is 13.0. The summed E-state index contributed by atoms with van der Waals surface area (Å²) >= 11 is 0. The van der Waals surface area contributed by atoms with Crippen molar-refractivity contribution in [1.29, 1.82) is 0 Å². The quantitative estimate of drug-likeness (QED) is 0.869. The number of anilines is 1. The fourth-order valence-electron chi connectivity index (χ4n) is 1.73. The van der Waals surface area contributed by atoms with Crippen LogP contribution < -0.4 is 5.73 Å². The van der Waals surface area contributed by atoms with Gasteiger partial charge in [0.05, 0.1) is 23.1 Å². The van der Waals surface area contributed by atoms with E-state index in [9.17, 15) is 4.79 Å². The van der Waals surface area contributed by atoms with Crippen LogP contribution in [-0.2, 0) is 0 Å². The number of amides is 1. The number of rotatable bonds is 4. The van der Waals surface area contributed by atoms with E-state index in [0.717, 1.165) is 12.2 Å². The molecule has 0 fully saturated rings. The van der Waals surface area contributed by atoms with Gasteiger partial charge < -0.3 is 10.6 Å². The van der Waals surface area contributed by atoms with Crippen molar-refractivity contribution < 1.29 is 4.79 Å². The molecule has 1 aromatic heterocycles. The van der Waals surface area contributed by atoms with Gasteiger partial charge in [0, 0.05) is 13.1 Å². The number of hydrogen-bond acceptors (Lipinski definition) is 3. The average Bonchev–Trinajstić information content (AvgIpc) is 2.28. The third-order valence-electron chi connectivity index (χ3n) is 2.59. The Bertz CT molecular complexity index is 402. The Labute approximate surface area is 103 Å². The second kappa shape index (κ2) is 5.66. The first-order valence-corrected chi connectivity index (χ1v) is 5.97. The molecule has 0 spiro atoms. The lowest BCUT2D eigenvalue weighted by Gasteiger charge is -2.23. The van der Waals surface area contributed by atoms with Gasteiger partial charge in [0.25, 0.3) is 5.91 Å². The maximum absolute atomic E-state index is 12.3. The summed E-state index contributed by atoms with van der Waals surface area (Å²) in [4.78, 5) is 18.3. The molecule has 1 aromatic rings. The molecule has 0 aliphatic heterocycles. The van der Waals surface area contributed by atoms with Gasteiger partial charge in [0.1, 0.15) is 0 Å². The Morgan fingerprint density at radius 3 is 2.71 bits per heavy atom. The lowest BCUT2D eigenvalue weighted by molar-refractivity contribution is 0.0744. The molecular weight excluding hydrogens is 214 g/mol. The van der Waals surface area contributed by atoms with E-state index in [1.165, 1.54) is 0 Å². The smallest absolute Gasteiger partial charge is 0.255 e. The van der Waals surface area contributed by atoms with Crippen molar-refractivity contribution in [3.05, 3.63) is 23.5 Å². The Morgan fingerprint density at radius 2 is 2.18 bits per heavy atom. The van der Waals surface area contributed by atoms with Crippen molar-refractivity contribution in [2.24, 2.45) is 5.92 Å². The van der Waals surface area contributed by atoms with Crippen LogP contribution in [0.25, 0.3) is 0 Å². The summed E-state index contributed by atoms with van der Waals surface area (Å²) in [6.07, 6.45) is 1.57. The highest BCUT2D eigenvalue weighted by Crippen LogP contribution is 2.13. The largest absolute Gasteiger partial charge is 0.397 e. The summed E-state index contributed by atoms with van der Waals surface area (Å²) in [7, 11) is 0. The van der Waals surface area contributed by atoms with Crippen molar-refractivity contribution in [2.75, 3.05) is 18.8 Å². The third kappa shape index (κ3) is 3.44. The summed E-state index contributed by atoms with van der Waals surface area (Å²) in [5, 5.41) is 0. The van der Waals surface area contributed by atoms with Crippen LogP contribution in [0.2, 0.25) is 0 Å². The predicted octanol–water partition coefficient (Wildman–Crippen LogP) is 2.09. The van der Waals surface area contributed by atoms with Gasteiger partial charge in [-0.05, 0) is 25.8 Å². The Hall–Kier alpha value is -1.58. The van der Waals surface area contributed by atoms with Crippen molar-refractivity contribution in [3.8, 4) is 0 Å². The van der Waals surface area contributed by atoms with Crippen LogP contribution in [-0.4, -0.2) is 28.9 Å². The van der Waals surface area contributed by atoms with Gasteiger partial charge in [0.15, 0.2) is 0 Å². The molecule has 0 saturated heterocycles. The van der Waals surface area contributed by atoms with Gasteiger partial charge in [-0.1, -0.05) is 13.8 Å². The van der Waals surface area contributed by atoms with Gasteiger partial charge in [-0.15, -0.1) is 0 Å². The molecule has 1 rings (SSSR count). The summed E-state index contributed by atoms with van der Waals surface area (Å²) < 4.78 is 0. The van der Waals surface area contributed by atoms with Crippen LogP contribution in [0.3, 0.4) is 0 Å². The van der Waals surface area contributed by atoms with Gasteiger partial charge in [-0.3, -0.25) is 9.78 Å². The van der Waals surface area contributed by atoms with E-state index < -0.39 is 0 Å². The number of hydrogen-bond donors (Lipinski definition) is 1. The lowest BCUT2D eigenvalue weighted by atomic mass is 10.1. The molecule has 0 aliphatic carbocycles. The van der Waals surface area contributed by atoms with Crippen LogP contribution >= 0.6 is 0 Å². The van der Waals surface area contributed by atoms with Crippen LogP contribution in [0.15, 0.2) is 12.3 Å². The summed E-state index contributed by atoms with van der Waals surface area (Å²) in [6.45, 7) is 9.46. The molecule has 2 N–H and O–H groups in total. The first-order chi connectivity index (χ1) is 7.95. The zero-order valence-electron chi connectivity index (χ0n) is 11.0. The van der Waals surface area contributed by atoms with E-state index in [-0.39, 0.29) is 5.91 Å². The number of carbonyl (C=O) groups is 1. The highest BCUT2D eigenvalue weighted by atomic mass is 16.2. The minimum absolute atomic E-state index is 0.0125. The molecule has 4 heteroatoms. The fourth-order valence-corrected chi connectivity index (χ4v) is 1.73. The number of nitrogens with two attached hydrogens (primary N) is 1. The molecular formula is C13H21N3O. The molecule has 0 saturated carbocycles. The topological polar surface area (TPSA) is 59.2 Å². The van der Waals surface area contributed by atoms with Crippen molar-refractivity contribution in [1.82, 2.24) is 9.88 Å². The molecule has 0 radical (unpaired) electrons. The highest BCUT2D eigenvalue weighted by molar-refractivity contribution is 5.96. The van der Waals surface area contributed by atoms with E-state index in [2.05, 4.69) is 18.8 Å². The van der Waals surface area contributed by atoms with Gasteiger partial charge in [0.2, 0.25) is 0 Å². The first-order valence-electron chi connectivity index (χ1n) is 5.97. The molecule has 4 nitrogen and oxygen atoms in total. The number of aromatic nitrogens is 1. The Balaban J connectivity index is 2.97. The Kier molecular flexibility index (Phi) is 4.49. The molecule has 17 heavy (non-hydrogen) atoms. The minimum atomic E-state index is 0.0125. The third-order valence-corrected chi connectivity index (χ3v) is 2.59.